The van der Waals surface area contributed by atoms with E-state index >= 15 is 0 Å². The number of nitriles is 1. The molecule has 2 fully saturated rings. The van der Waals surface area contributed by atoms with Crippen LogP contribution in [0, 0.1) is 29.6 Å². The van der Waals surface area contributed by atoms with Crippen LogP contribution >= 0.6 is 0 Å². The lowest BCUT2D eigenvalue weighted by molar-refractivity contribution is 0.216. The summed E-state index contributed by atoms with van der Waals surface area (Å²) < 4.78 is 0. The van der Waals surface area contributed by atoms with Crippen molar-refractivity contribution in [2.24, 2.45) is 11.3 Å². The van der Waals surface area contributed by atoms with Crippen molar-refractivity contribution in [1.82, 2.24) is 19.9 Å². The largest absolute Gasteiger partial charge is 0.355 e. The number of anilines is 2. The maximum Gasteiger partial charge on any atom is 0.142 e. The summed E-state index contributed by atoms with van der Waals surface area (Å²) in [6, 6.07) is 6.17. The highest BCUT2D eigenvalue weighted by atomic mass is 15.3. The van der Waals surface area contributed by atoms with Crippen LogP contribution in [0.25, 0.3) is 11.0 Å². The number of aromatic nitrogens is 4. The number of nitrogens with zero attached hydrogens (tertiary/aromatic N) is 6. The van der Waals surface area contributed by atoms with Gasteiger partial charge in [0, 0.05) is 44.0 Å². The van der Waals surface area contributed by atoms with E-state index in [4.69, 9.17) is 5.26 Å². The van der Waals surface area contributed by atoms with E-state index in [0.29, 0.717) is 11.5 Å². The molecule has 2 aliphatic heterocycles. The van der Waals surface area contributed by atoms with E-state index in [9.17, 15) is 0 Å². The number of piperidine rings is 1. The van der Waals surface area contributed by atoms with Gasteiger partial charge in [0.25, 0.3) is 0 Å². The van der Waals surface area contributed by atoms with Gasteiger partial charge in [-0.05, 0) is 37.0 Å². The fourth-order valence-corrected chi connectivity index (χ4v) is 4.97. The molecular formula is C21H23N7. The number of fused-ring (bicyclic) bond motifs is 2. The molecule has 142 valence electrons. The second kappa shape index (κ2) is 6.20. The van der Waals surface area contributed by atoms with Gasteiger partial charge in [0.2, 0.25) is 0 Å². The molecular weight excluding hydrogens is 350 g/mol. The lowest BCUT2D eigenvalue weighted by atomic mass is 9.75. The second-order valence-electron chi connectivity index (χ2n) is 8.36. The molecule has 7 nitrogen and oxygen atoms in total. The number of H-pyrrole nitrogens is 1. The molecule has 7 heteroatoms. The highest BCUT2D eigenvalue weighted by Gasteiger charge is 2.47. The fourth-order valence-electron chi connectivity index (χ4n) is 4.97. The zero-order valence-corrected chi connectivity index (χ0v) is 16.2. The third-order valence-electron chi connectivity index (χ3n) is 6.39. The van der Waals surface area contributed by atoms with Gasteiger partial charge in [-0.3, -0.25) is 0 Å². The monoisotopic (exact) mass is 373 g/mol. The summed E-state index contributed by atoms with van der Waals surface area (Å²) >= 11 is 0. The van der Waals surface area contributed by atoms with Crippen LogP contribution in [0.15, 0.2) is 30.9 Å². The number of aryl methyl sites for hydroxylation is 1. The Hall–Kier alpha value is -3.14. The van der Waals surface area contributed by atoms with E-state index in [1.165, 1.54) is 0 Å². The summed E-state index contributed by atoms with van der Waals surface area (Å²) in [5.41, 5.74) is 2.76. The summed E-state index contributed by atoms with van der Waals surface area (Å²) in [6.07, 6.45) is 6.39. The molecule has 0 bridgehead atoms. The van der Waals surface area contributed by atoms with Crippen LogP contribution in [0.4, 0.5) is 11.6 Å². The summed E-state index contributed by atoms with van der Waals surface area (Å²) in [4.78, 5) is 21.5. The quantitative estimate of drug-likeness (QED) is 0.743. The van der Waals surface area contributed by atoms with Crippen molar-refractivity contribution in [3.05, 3.63) is 42.0 Å². The molecule has 3 aromatic heterocycles. The molecule has 2 atom stereocenters. The molecule has 1 N–H and O–H groups in total. The number of nitrogens with one attached hydrogen (secondary N) is 1. The van der Waals surface area contributed by atoms with E-state index in [1.807, 2.05) is 19.2 Å². The van der Waals surface area contributed by atoms with Crippen molar-refractivity contribution in [2.45, 2.75) is 20.3 Å². The first-order valence-electron chi connectivity index (χ1n) is 9.72. The number of aromatic amines is 1. The predicted octanol–water partition coefficient (Wildman–Crippen LogP) is 2.89. The van der Waals surface area contributed by atoms with E-state index < -0.39 is 0 Å². The molecule has 0 amide bonds. The summed E-state index contributed by atoms with van der Waals surface area (Å²) in [6.45, 7) is 8.40. The van der Waals surface area contributed by atoms with Crippen molar-refractivity contribution >= 4 is 22.7 Å². The molecule has 3 aromatic rings. The summed E-state index contributed by atoms with van der Waals surface area (Å²) in [7, 11) is 0. The van der Waals surface area contributed by atoms with Crippen LogP contribution in [0.1, 0.15) is 24.5 Å². The third kappa shape index (κ3) is 2.60. The third-order valence-corrected chi connectivity index (χ3v) is 6.39. The predicted molar refractivity (Wildman–Crippen MR) is 108 cm³/mol. The van der Waals surface area contributed by atoms with Gasteiger partial charge in [0.15, 0.2) is 0 Å². The standard InChI is InChI=1S/C21H23N7/c1-14-7-15(8-22)9-24-19(14)28-10-16-4-6-27(11-21(16,2)12-28)20-17-3-5-23-18(17)25-13-26-20/h3,5,7,9,13,16H,4,6,10-12H2,1-2H3,(H,23,25,26)/t16-,21-/m1/s1. The molecule has 0 unspecified atom stereocenters. The average molecular weight is 373 g/mol. The Balaban J connectivity index is 1.42. The van der Waals surface area contributed by atoms with E-state index in [-0.39, 0.29) is 5.41 Å². The first-order valence-corrected chi connectivity index (χ1v) is 9.72. The number of hydrogen-bond donors (Lipinski definition) is 1. The Morgan fingerprint density at radius 2 is 2.07 bits per heavy atom. The van der Waals surface area contributed by atoms with Crippen LogP contribution in [-0.2, 0) is 0 Å². The van der Waals surface area contributed by atoms with Gasteiger partial charge in [0.05, 0.1) is 10.9 Å². The molecule has 2 saturated heterocycles. The van der Waals surface area contributed by atoms with Crippen LogP contribution in [0.5, 0.6) is 0 Å². The number of rotatable bonds is 2. The average Bonchev–Trinajstić information content (AvgIpc) is 3.30. The molecule has 2 aliphatic rings. The minimum absolute atomic E-state index is 0.174. The molecule has 5 heterocycles. The minimum Gasteiger partial charge on any atom is -0.355 e. The first kappa shape index (κ1) is 17.0. The van der Waals surface area contributed by atoms with Crippen LogP contribution < -0.4 is 9.80 Å². The Morgan fingerprint density at radius 1 is 1.21 bits per heavy atom. The molecule has 5 rings (SSSR count). The van der Waals surface area contributed by atoms with E-state index in [1.54, 1.807) is 12.5 Å². The second-order valence-corrected chi connectivity index (χ2v) is 8.36. The fraction of sp³-hybridized carbons (Fsp3) is 0.429. The molecule has 0 saturated carbocycles. The van der Waals surface area contributed by atoms with Crippen LogP contribution in [0.3, 0.4) is 0 Å². The van der Waals surface area contributed by atoms with Crippen molar-refractivity contribution < 1.29 is 0 Å². The normalized spacial score (nSPS) is 24.4. The van der Waals surface area contributed by atoms with Gasteiger partial charge in [-0.1, -0.05) is 6.92 Å². The SMILES string of the molecule is Cc1cc(C#N)cnc1N1C[C@H]2CCN(c3ncnc4[nH]ccc34)C[C@]2(C)C1. The zero-order valence-electron chi connectivity index (χ0n) is 16.2. The Bertz CT molecular complexity index is 1080. The van der Waals surface area contributed by atoms with Crippen LogP contribution in [0.2, 0.25) is 0 Å². The smallest absolute Gasteiger partial charge is 0.142 e. The lowest BCUT2D eigenvalue weighted by Gasteiger charge is -2.42. The van der Waals surface area contributed by atoms with Gasteiger partial charge in [-0.15, -0.1) is 0 Å². The van der Waals surface area contributed by atoms with Gasteiger partial charge in [-0.25, -0.2) is 15.0 Å². The highest BCUT2D eigenvalue weighted by Crippen LogP contribution is 2.44. The molecule has 0 aromatic carbocycles. The molecule has 0 spiro atoms. The summed E-state index contributed by atoms with van der Waals surface area (Å²) in [5.74, 6) is 2.66. The van der Waals surface area contributed by atoms with Crippen molar-refractivity contribution in [2.75, 3.05) is 36.0 Å². The summed E-state index contributed by atoms with van der Waals surface area (Å²) in [5, 5.41) is 10.2. The van der Waals surface area contributed by atoms with Gasteiger partial charge in [0.1, 0.15) is 29.7 Å². The molecule has 0 aliphatic carbocycles. The Kier molecular flexibility index (Phi) is 3.76. The maximum atomic E-state index is 9.10. The molecule has 0 radical (unpaired) electrons. The Labute approximate surface area is 164 Å². The van der Waals surface area contributed by atoms with Gasteiger partial charge in [-0.2, -0.15) is 5.26 Å². The van der Waals surface area contributed by atoms with Gasteiger partial charge < -0.3 is 14.8 Å². The molecule has 28 heavy (non-hydrogen) atoms. The van der Waals surface area contributed by atoms with Crippen molar-refractivity contribution in [3.8, 4) is 6.07 Å². The minimum atomic E-state index is 0.174. The number of hydrogen-bond acceptors (Lipinski definition) is 6. The van der Waals surface area contributed by atoms with Crippen molar-refractivity contribution in [3.63, 3.8) is 0 Å². The number of pyridine rings is 1. The maximum absolute atomic E-state index is 9.10. The topological polar surface area (TPSA) is 84.7 Å². The lowest BCUT2D eigenvalue weighted by Crippen LogP contribution is -2.47. The van der Waals surface area contributed by atoms with Gasteiger partial charge >= 0.3 is 0 Å². The van der Waals surface area contributed by atoms with Crippen molar-refractivity contribution in [1.29, 1.82) is 5.26 Å². The van der Waals surface area contributed by atoms with Crippen LogP contribution in [-0.4, -0.2) is 46.1 Å². The van der Waals surface area contributed by atoms with E-state index in [0.717, 1.165) is 60.8 Å². The highest BCUT2D eigenvalue weighted by molar-refractivity contribution is 5.87. The first-order chi connectivity index (χ1) is 13.6. The zero-order chi connectivity index (χ0) is 19.3. The Morgan fingerprint density at radius 3 is 2.89 bits per heavy atom. The van der Waals surface area contributed by atoms with E-state index in [2.05, 4.69) is 48.8 Å².